The van der Waals surface area contributed by atoms with E-state index >= 15 is 0 Å². The van der Waals surface area contributed by atoms with Crippen molar-refractivity contribution in [2.45, 2.75) is 0 Å². The summed E-state index contributed by atoms with van der Waals surface area (Å²) in [6.07, 6.45) is 1.38. The molecular formula is C19H12I2N2O6. The zero-order valence-corrected chi connectivity index (χ0v) is 18.8. The van der Waals surface area contributed by atoms with Crippen molar-refractivity contribution in [3.63, 3.8) is 0 Å². The van der Waals surface area contributed by atoms with Crippen molar-refractivity contribution in [3.8, 4) is 5.75 Å². The molecule has 0 radical (unpaired) electrons. The Morgan fingerprint density at radius 2 is 1.72 bits per heavy atom. The number of anilines is 1. The van der Waals surface area contributed by atoms with Crippen LogP contribution in [-0.4, -0.2) is 35.5 Å². The Hall–Kier alpha value is -2.48. The first kappa shape index (κ1) is 21.2. The first-order valence-corrected chi connectivity index (χ1v) is 10.2. The molecule has 0 atom stereocenters. The number of rotatable bonds is 5. The average Bonchev–Trinajstić information content (AvgIpc) is 2.65. The predicted octanol–water partition coefficient (Wildman–Crippen LogP) is 3.03. The highest BCUT2D eigenvalue weighted by atomic mass is 127. The molecule has 1 fully saturated rings. The van der Waals surface area contributed by atoms with Crippen LogP contribution in [0.25, 0.3) is 6.08 Å². The van der Waals surface area contributed by atoms with Gasteiger partial charge in [0.25, 0.3) is 11.8 Å². The number of ether oxygens (including phenoxy) is 1. The minimum atomic E-state index is -1.10. The zero-order valence-electron chi connectivity index (χ0n) is 14.5. The smallest absolute Gasteiger partial charge is 0.341 e. The van der Waals surface area contributed by atoms with Gasteiger partial charge in [-0.05, 0) is 81.1 Å². The van der Waals surface area contributed by atoms with Crippen molar-refractivity contribution in [2.75, 3.05) is 11.5 Å². The number of barbiturate groups is 1. The lowest BCUT2D eigenvalue weighted by Crippen LogP contribution is -2.54. The van der Waals surface area contributed by atoms with Gasteiger partial charge in [0.1, 0.15) is 11.3 Å². The van der Waals surface area contributed by atoms with Gasteiger partial charge in [-0.15, -0.1) is 0 Å². The third kappa shape index (κ3) is 4.75. The molecule has 10 heteroatoms. The largest absolute Gasteiger partial charge is 0.480 e. The van der Waals surface area contributed by atoms with Crippen molar-refractivity contribution in [1.29, 1.82) is 0 Å². The molecule has 1 heterocycles. The van der Waals surface area contributed by atoms with Crippen molar-refractivity contribution in [3.05, 3.63) is 60.7 Å². The van der Waals surface area contributed by atoms with E-state index in [0.29, 0.717) is 24.1 Å². The lowest BCUT2D eigenvalue weighted by Gasteiger charge is -2.26. The first-order chi connectivity index (χ1) is 13.8. The fraction of sp³-hybridized carbons (Fsp3) is 0.0526. The Morgan fingerprint density at radius 1 is 1.10 bits per heavy atom. The Bertz CT molecular complexity index is 1030. The number of halogens is 2. The molecule has 4 amide bonds. The van der Waals surface area contributed by atoms with Crippen LogP contribution in [0.1, 0.15) is 5.56 Å². The monoisotopic (exact) mass is 618 g/mol. The van der Waals surface area contributed by atoms with Gasteiger partial charge in [-0.25, -0.2) is 14.5 Å². The number of carbonyl (C=O) groups is 4. The number of nitrogens with one attached hydrogen (secondary N) is 1. The standard InChI is InChI=1S/C19H12I2N2O6/c20-13-7-10(8-14(21)16(13)29-9-15(24)25)6-12-17(26)22-19(28)23(18(12)27)11-4-2-1-3-5-11/h1-8H,9H2,(H,24,25)(H,22,26,28)/b12-6-. The SMILES string of the molecule is O=C(O)COc1c(I)cc(/C=C2/C(=O)NC(=O)N(c3ccccc3)C2=O)cc1I. The van der Waals surface area contributed by atoms with Crippen LogP contribution in [0.4, 0.5) is 10.5 Å². The highest BCUT2D eigenvalue weighted by molar-refractivity contribution is 14.1. The molecule has 0 spiro atoms. The third-order valence-electron chi connectivity index (χ3n) is 3.79. The van der Waals surface area contributed by atoms with Crippen LogP contribution >= 0.6 is 45.2 Å². The molecule has 2 aromatic carbocycles. The maximum atomic E-state index is 12.8. The number of para-hydroxylation sites is 1. The predicted molar refractivity (Wildman–Crippen MR) is 120 cm³/mol. The van der Waals surface area contributed by atoms with Crippen LogP contribution in [0.15, 0.2) is 48.0 Å². The molecule has 0 unspecified atom stereocenters. The number of carboxylic acid groups (broad SMARTS) is 1. The van der Waals surface area contributed by atoms with Crippen molar-refractivity contribution in [1.82, 2.24) is 5.32 Å². The van der Waals surface area contributed by atoms with Crippen LogP contribution in [0.5, 0.6) is 5.75 Å². The molecule has 0 saturated carbocycles. The summed E-state index contributed by atoms with van der Waals surface area (Å²) in [7, 11) is 0. The number of imide groups is 2. The summed E-state index contributed by atoms with van der Waals surface area (Å²) in [5, 5.41) is 10.9. The second-order valence-electron chi connectivity index (χ2n) is 5.79. The minimum Gasteiger partial charge on any atom is -0.480 e. The molecule has 8 nitrogen and oxygen atoms in total. The van der Waals surface area contributed by atoms with Gasteiger partial charge >= 0.3 is 12.0 Å². The highest BCUT2D eigenvalue weighted by Gasteiger charge is 2.36. The molecule has 0 bridgehead atoms. The van der Waals surface area contributed by atoms with Crippen molar-refractivity contribution in [2.24, 2.45) is 0 Å². The van der Waals surface area contributed by atoms with Gasteiger partial charge in [-0.3, -0.25) is 14.9 Å². The molecule has 1 saturated heterocycles. The van der Waals surface area contributed by atoms with Gasteiger partial charge in [0, 0.05) is 0 Å². The van der Waals surface area contributed by atoms with E-state index in [1.165, 1.54) is 6.08 Å². The summed E-state index contributed by atoms with van der Waals surface area (Å²) in [6, 6.07) is 10.8. The van der Waals surface area contributed by atoms with Crippen LogP contribution in [-0.2, 0) is 14.4 Å². The molecule has 0 aliphatic carbocycles. The molecule has 148 valence electrons. The molecule has 1 aliphatic rings. The topological polar surface area (TPSA) is 113 Å². The van der Waals surface area contributed by atoms with Crippen LogP contribution in [0.2, 0.25) is 0 Å². The number of carboxylic acids is 1. The Kier molecular flexibility index (Phi) is 6.52. The van der Waals surface area contributed by atoms with E-state index in [9.17, 15) is 19.2 Å². The van der Waals surface area contributed by atoms with Gasteiger partial charge in [0.15, 0.2) is 6.61 Å². The summed E-state index contributed by atoms with van der Waals surface area (Å²) in [6.45, 7) is -0.485. The summed E-state index contributed by atoms with van der Waals surface area (Å²) in [5.74, 6) is -2.22. The maximum Gasteiger partial charge on any atom is 0.341 e. The second-order valence-corrected chi connectivity index (χ2v) is 8.11. The van der Waals surface area contributed by atoms with Gasteiger partial charge in [0.05, 0.1) is 12.8 Å². The molecule has 2 N–H and O–H groups in total. The average molecular weight is 618 g/mol. The fourth-order valence-corrected chi connectivity index (χ4v) is 4.70. The van der Waals surface area contributed by atoms with E-state index in [-0.39, 0.29) is 5.57 Å². The van der Waals surface area contributed by atoms with E-state index in [0.717, 1.165) is 4.90 Å². The van der Waals surface area contributed by atoms with Gasteiger partial charge < -0.3 is 9.84 Å². The molecular weight excluding hydrogens is 606 g/mol. The summed E-state index contributed by atoms with van der Waals surface area (Å²) in [4.78, 5) is 48.9. The summed E-state index contributed by atoms with van der Waals surface area (Å²) >= 11 is 3.96. The fourth-order valence-electron chi connectivity index (χ4n) is 2.57. The summed E-state index contributed by atoms with van der Waals surface area (Å²) < 4.78 is 6.50. The van der Waals surface area contributed by atoms with E-state index in [1.807, 2.05) is 45.2 Å². The van der Waals surface area contributed by atoms with Crippen LogP contribution in [0.3, 0.4) is 0 Å². The number of hydrogen-bond acceptors (Lipinski definition) is 5. The number of carbonyl (C=O) groups excluding carboxylic acids is 3. The number of aliphatic carboxylic acids is 1. The molecule has 1 aliphatic heterocycles. The lowest BCUT2D eigenvalue weighted by molar-refractivity contribution is -0.139. The first-order valence-electron chi connectivity index (χ1n) is 8.08. The van der Waals surface area contributed by atoms with Crippen LogP contribution in [0, 0.1) is 7.14 Å². The summed E-state index contributed by atoms with van der Waals surface area (Å²) in [5.41, 5.74) is 0.677. The highest BCUT2D eigenvalue weighted by Crippen LogP contribution is 2.30. The van der Waals surface area contributed by atoms with E-state index in [1.54, 1.807) is 42.5 Å². The molecule has 29 heavy (non-hydrogen) atoms. The molecule has 3 rings (SSSR count). The number of benzene rings is 2. The Morgan fingerprint density at radius 3 is 2.31 bits per heavy atom. The Labute approximate surface area is 192 Å². The van der Waals surface area contributed by atoms with Crippen molar-refractivity contribution >= 4 is 80.8 Å². The normalized spacial score (nSPS) is 15.4. The van der Waals surface area contributed by atoms with E-state index < -0.39 is 30.4 Å². The van der Waals surface area contributed by atoms with Crippen LogP contribution < -0.4 is 15.0 Å². The van der Waals surface area contributed by atoms with Gasteiger partial charge in [0.2, 0.25) is 0 Å². The number of hydrogen-bond donors (Lipinski definition) is 2. The number of nitrogens with zero attached hydrogens (tertiary/aromatic N) is 1. The molecule has 0 aromatic heterocycles. The van der Waals surface area contributed by atoms with Gasteiger partial charge in [-0.1, -0.05) is 18.2 Å². The Balaban J connectivity index is 1.96. The second kappa shape index (κ2) is 8.90. The van der Waals surface area contributed by atoms with E-state index in [4.69, 9.17) is 9.84 Å². The van der Waals surface area contributed by atoms with Crippen molar-refractivity contribution < 1.29 is 29.0 Å². The number of urea groups is 1. The minimum absolute atomic E-state index is 0.195. The number of amides is 4. The van der Waals surface area contributed by atoms with E-state index in [2.05, 4.69) is 5.32 Å². The maximum absolute atomic E-state index is 12.8. The lowest BCUT2D eigenvalue weighted by atomic mass is 10.1. The zero-order chi connectivity index (χ0) is 21.1. The van der Waals surface area contributed by atoms with Gasteiger partial charge in [-0.2, -0.15) is 0 Å². The molecule has 2 aromatic rings. The quantitative estimate of drug-likeness (QED) is 0.303. The third-order valence-corrected chi connectivity index (χ3v) is 5.39.